The van der Waals surface area contributed by atoms with Crippen LogP contribution in [0.3, 0.4) is 0 Å². The van der Waals surface area contributed by atoms with Gasteiger partial charge < -0.3 is 10.6 Å². The lowest BCUT2D eigenvalue weighted by atomic mass is 10.1. The number of nitro groups is 1. The monoisotopic (exact) mass is 347 g/mol. The Bertz CT molecular complexity index is 836. The molecule has 2 rings (SSSR count). The highest BCUT2D eigenvalue weighted by Gasteiger charge is 2.17. The molecule has 2 N–H and O–H groups in total. The second-order valence-electron chi connectivity index (χ2n) is 5.13. The zero-order valence-electron chi connectivity index (χ0n) is 12.9. The zero-order valence-corrected chi connectivity index (χ0v) is 13.7. The van der Waals surface area contributed by atoms with Crippen LogP contribution >= 0.6 is 11.6 Å². The van der Waals surface area contributed by atoms with Gasteiger partial charge in [0.1, 0.15) is 0 Å². The van der Waals surface area contributed by atoms with Crippen LogP contribution in [0.2, 0.25) is 5.02 Å². The number of amides is 2. The van der Waals surface area contributed by atoms with E-state index in [9.17, 15) is 19.7 Å². The van der Waals surface area contributed by atoms with E-state index in [0.717, 1.165) is 17.2 Å². The van der Waals surface area contributed by atoms with Gasteiger partial charge in [0.2, 0.25) is 0 Å². The predicted molar refractivity (Wildman–Crippen MR) is 91.3 cm³/mol. The maximum absolute atomic E-state index is 12.0. The molecule has 0 aromatic heterocycles. The molecule has 0 aliphatic rings. The van der Waals surface area contributed by atoms with Crippen molar-refractivity contribution in [3.8, 4) is 0 Å². The number of halogens is 1. The number of aryl methyl sites for hydroxylation is 2. The summed E-state index contributed by atoms with van der Waals surface area (Å²) in [5.41, 5.74) is 2.24. The number of anilines is 2. The number of nitrogens with one attached hydrogen (secondary N) is 2. The van der Waals surface area contributed by atoms with Crippen LogP contribution in [0.5, 0.6) is 0 Å². The molecule has 0 atom stereocenters. The molecule has 0 radical (unpaired) electrons. The van der Waals surface area contributed by atoms with Gasteiger partial charge in [-0.25, -0.2) is 0 Å². The molecule has 0 aliphatic heterocycles. The first kappa shape index (κ1) is 17.4. The molecule has 0 saturated carbocycles. The minimum atomic E-state index is -0.976. The molecule has 24 heavy (non-hydrogen) atoms. The summed E-state index contributed by atoms with van der Waals surface area (Å²) in [6, 6.07) is 8.79. The third-order valence-electron chi connectivity index (χ3n) is 3.38. The van der Waals surface area contributed by atoms with E-state index in [4.69, 9.17) is 11.6 Å². The van der Waals surface area contributed by atoms with E-state index >= 15 is 0 Å². The first-order chi connectivity index (χ1) is 11.3. The van der Waals surface area contributed by atoms with E-state index in [-0.39, 0.29) is 16.4 Å². The Balaban J connectivity index is 2.11. The molecular weight excluding hydrogens is 334 g/mol. The molecule has 0 heterocycles. The molecule has 0 fully saturated rings. The van der Waals surface area contributed by atoms with Crippen molar-refractivity contribution >= 4 is 40.5 Å². The second kappa shape index (κ2) is 7.10. The maximum Gasteiger partial charge on any atom is 0.314 e. The molecule has 0 bridgehead atoms. The number of nitrogens with zero attached hydrogens (tertiary/aromatic N) is 1. The van der Waals surface area contributed by atoms with Gasteiger partial charge in [-0.3, -0.25) is 19.7 Å². The summed E-state index contributed by atoms with van der Waals surface area (Å²) >= 11 is 5.88. The lowest BCUT2D eigenvalue weighted by molar-refractivity contribution is -0.384. The topological polar surface area (TPSA) is 101 Å². The van der Waals surface area contributed by atoms with Crippen LogP contribution in [0.4, 0.5) is 17.1 Å². The lowest BCUT2D eigenvalue weighted by Crippen LogP contribution is -2.29. The van der Waals surface area contributed by atoms with Crippen LogP contribution in [0.15, 0.2) is 36.4 Å². The number of benzene rings is 2. The number of hydrogen-bond acceptors (Lipinski definition) is 4. The van der Waals surface area contributed by atoms with Crippen molar-refractivity contribution in [2.45, 2.75) is 13.8 Å². The van der Waals surface area contributed by atoms with Crippen molar-refractivity contribution in [3.05, 3.63) is 62.7 Å². The minimum absolute atomic E-state index is 0.00824. The molecule has 0 aliphatic carbocycles. The quantitative estimate of drug-likeness (QED) is 0.504. The SMILES string of the molecule is Cc1ccc(NC(=O)C(=O)Nc2cc([N+](=O)[O-])ccc2Cl)cc1C. The number of nitro benzene ring substituents is 1. The fraction of sp³-hybridized carbons (Fsp3) is 0.125. The van der Waals surface area contributed by atoms with E-state index in [1.54, 1.807) is 12.1 Å². The van der Waals surface area contributed by atoms with Crippen LogP contribution in [-0.2, 0) is 9.59 Å². The highest BCUT2D eigenvalue weighted by atomic mass is 35.5. The van der Waals surface area contributed by atoms with Crippen LogP contribution in [0, 0.1) is 24.0 Å². The van der Waals surface area contributed by atoms with Crippen LogP contribution in [0.1, 0.15) is 11.1 Å². The van der Waals surface area contributed by atoms with Gasteiger partial charge in [0.25, 0.3) is 5.69 Å². The summed E-state index contributed by atoms with van der Waals surface area (Å²) in [5.74, 6) is -1.88. The molecular formula is C16H14ClN3O4. The number of carbonyl (C=O) groups excluding carboxylic acids is 2. The van der Waals surface area contributed by atoms with Gasteiger partial charge in [-0.1, -0.05) is 17.7 Å². The third kappa shape index (κ3) is 4.08. The van der Waals surface area contributed by atoms with Crippen molar-refractivity contribution in [2.24, 2.45) is 0 Å². The van der Waals surface area contributed by atoms with Crippen LogP contribution < -0.4 is 10.6 Å². The summed E-state index contributed by atoms with van der Waals surface area (Å²) in [7, 11) is 0. The van der Waals surface area contributed by atoms with E-state index in [1.807, 2.05) is 19.9 Å². The number of carbonyl (C=O) groups is 2. The molecule has 0 saturated heterocycles. The van der Waals surface area contributed by atoms with Crippen molar-refractivity contribution in [3.63, 3.8) is 0 Å². The second-order valence-corrected chi connectivity index (χ2v) is 5.54. The molecule has 0 unspecified atom stereocenters. The average molecular weight is 348 g/mol. The van der Waals surface area contributed by atoms with Crippen LogP contribution in [-0.4, -0.2) is 16.7 Å². The standard InChI is InChI=1S/C16H14ClN3O4/c1-9-3-4-11(7-10(9)2)18-15(21)16(22)19-14-8-12(20(23)24)5-6-13(14)17/h3-8H,1-2H3,(H,18,21)(H,19,22). The summed E-state index contributed by atoms with van der Waals surface area (Å²) in [5, 5.41) is 15.6. The average Bonchev–Trinajstić information content (AvgIpc) is 2.52. The largest absolute Gasteiger partial charge is 0.318 e. The maximum atomic E-state index is 12.0. The van der Waals surface area contributed by atoms with Gasteiger partial charge in [-0.05, 0) is 43.2 Å². The highest BCUT2D eigenvalue weighted by Crippen LogP contribution is 2.26. The Kier molecular flexibility index (Phi) is 5.15. The molecule has 8 heteroatoms. The Morgan fingerprint density at radius 3 is 2.29 bits per heavy atom. The Labute approximate surface area is 142 Å². The van der Waals surface area contributed by atoms with E-state index in [1.165, 1.54) is 12.1 Å². The fourth-order valence-electron chi connectivity index (χ4n) is 1.91. The number of rotatable bonds is 3. The summed E-state index contributed by atoms with van der Waals surface area (Å²) in [6.07, 6.45) is 0. The van der Waals surface area contributed by atoms with Crippen molar-refractivity contribution in [1.29, 1.82) is 0 Å². The van der Waals surface area contributed by atoms with Gasteiger partial charge >= 0.3 is 11.8 Å². The highest BCUT2D eigenvalue weighted by molar-refractivity contribution is 6.44. The molecule has 2 amide bonds. The predicted octanol–water partition coefficient (Wildman–Crippen LogP) is 3.44. The first-order valence-electron chi connectivity index (χ1n) is 6.91. The third-order valence-corrected chi connectivity index (χ3v) is 3.71. The van der Waals surface area contributed by atoms with Gasteiger partial charge in [0.05, 0.1) is 15.6 Å². The van der Waals surface area contributed by atoms with Gasteiger partial charge in [-0.15, -0.1) is 0 Å². The molecule has 124 valence electrons. The summed E-state index contributed by atoms with van der Waals surface area (Å²) < 4.78 is 0. The molecule has 7 nitrogen and oxygen atoms in total. The molecule has 2 aromatic carbocycles. The van der Waals surface area contributed by atoms with Crippen molar-refractivity contribution in [1.82, 2.24) is 0 Å². The smallest absolute Gasteiger partial charge is 0.314 e. The Hall–Kier alpha value is -2.93. The fourth-order valence-corrected chi connectivity index (χ4v) is 2.07. The summed E-state index contributed by atoms with van der Waals surface area (Å²) in [4.78, 5) is 34.0. The van der Waals surface area contributed by atoms with E-state index in [0.29, 0.717) is 5.69 Å². The minimum Gasteiger partial charge on any atom is -0.318 e. The number of hydrogen-bond donors (Lipinski definition) is 2. The zero-order chi connectivity index (χ0) is 17.9. The van der Waals surface area contributed by atoms with E-state index < -0.39 is 16.7 Å². The van der Waals surface area contributed by atoms with Gasteiger partial charge in [-0.2, -0.15) is 0 Å². The molecule has 2 aromatic rings. The Morgan fingerprint density at radius 2 is 1.67 bits per heavy atom. The van der Waals surface area contributed by atoms with E-state index in [2.05, 4.69) is 10.6 Å². The first-order valence-corrected chi connectivity index (χ1v) is 7.29. The van der Waals surface area contributed by atoms with Gasteiger partial charge in [0.15, 0.2) is 0 Å². The normalized spacial score (nSPS) is 10.1. The van der Waals surface area contributed by atoms with Gasteiger partial charge in [0, 0.05) is 17.8 Å². The van der Waals surface area contributed by atoms with Crippen molar-refractivity contribution in [2.75, 3.05) is 10.6 Å². The Morgan fingerprint density at radius 1 is 1.00 bits per heavy atom. The number of non-ortho nitro benzene ring substituents is 1. The van der Waals surface area contributed by atoms with Crippen LogP contribution in [0.25, 0.3) is 0 Å². The molecule has 0 spiro atoms. The lowest BCUT2D eigenvalue weighted by Gasteiger charge is -2.09. The summed E-state index contributed by atoms with van der Waals surface area (Å²) in [6.45, 7) is 3.81. The van der Waals surface area contributed by atoms with Crippen molar-refractivity contribution < 1.29 is 14.5 Å².